The molecular formula is C17H18Cl2N8. The SMILES string of the molecule is CC(Nc1nc(N)nc(Nc2cc(C3CC3)[nH]n2)n1)c1ccc(Cl)cc1Cl. The Kier molecular flexibility index (Phi) is 4.75. The van der Waals surface area contributed by atoms with Crippen LogP contribution < -0.4 is 16.4 Å². The Morgan fingerprint density at radius 3 is 2.67 bits per heavy atom. The van der Waals surface area contributed by atoms with Crippen LogP contribution in [0, 0.1) is 0 Å². The van der Waals surface area contributed by atoms with E-state index in [4.69, 9.17) is 28.9 Å². The van der Waals surface area contributed by atoms with Crippen LogP contribution in [0.2, 0.25) is 10.0 Å². The maximum atomic E-state index is 6.27. The van der Waals surface area contributed by atoms with Gasteiger partial charge in [-0.15, -0.1) is 0 Å². The minimum atomic E-state index is -0.156. The molecule has 0 saturated heterocycles. The van der Waals surface area contributed by atoms with Crippen LogP contribution >= 0.6 is 23.2 Å². The van der Waals surface area contributed by atoms with Crippen molar-refractivity contribution in [2.24, 2.45) is 0 Å². The quantitative estimate of drug-likeness (QED) is 0.484. The standard InChI is InChI=1S/C17H18Cl2N8/c1-8(11-5-4-10(18)6-12(11)19)21-16-23-15(20)24-17(25-16)22-14-7-13(26-27-14)9-2-3-9/h4-9H,2-3H2,1H3,(H5,20,21,22,23,24,25,26,27). The Morgan fingerprint density at radius 1 is 1.15 bits per heavy atom. The fourth-order valence-corrected chi connectivity index (χ4v) is 3.33. The zero-order chi connectivity index (χ0) is 19.0. The van der Waals surface area contributed by atoms with Crippen LogP contribution in [0.3, 0.4) is 0 Å². The van der Waals surface area contributed by atoms with E-state index < -0.39 is 0 Å². The van der Waals surface area contributed by atoms with Gasteiger partial charge in [-0.25, -0.2) is 0 Å². The van der Waals surface area contributed by atoms with E-state index in [-0.39, 0.29) is 12.0 Å². The first-order valence-corrected chi connectivity index (χ1v) is 9.29. The first-order valence-electron chi connectivity index (χ1n) is 8.53. The second-order valence-corrected chi connectivity index (χ2v) is 7.32. The number of nitrogens with one attached hydrogen (secondary N) is 3. The van der Waals surface area contributed by atoms with Crippen LogP contribution in [-0.2, 0) is 0 Å². The van der Waals surface area contributed by atoms with Gasteiger partial charge < -0.3 is 16.4 Å². The van der Waals surface area contributed by atoms with E-state index in [0.29, 0.717) is 33.7 Å². The molecule has 10 heteroatoms. The number of hydrogen-bond acceptors (Lipinski definition) is 7. The molecule has 5 N–H and O–H groups in total. The molecule has 2 aromatic heterocycles. The molecule has 1 aliphatic rings. The molecule has 27 heavy (non-hydrogen) atoms. The summed E-state index contributed by atoms with van der Waals surface area (Å²) in [4.78, 5) is 12.6. The van der Waals surface area contributed by atoms with Crippen LogP contribution in [0.15, 0.2) is 24.3 Å². The largest absolute Gasteiger partial charge is 0.368 e. The highest BCUT2D eigenvalue weighted by Crippen LogP contribution is 2.39. The maximum absolute atomic E-state index is 6.27. The highest BCUT2D eigenvalue weighted by Gasteiger charge is 2.25. The third kappa shape index (κ3) is 4.23. The highest BCUT2D eigenvalue weighted by atomic mass is 35.5. The molecule has 2 heterocycles. The number of benzene rings is 1. The molecule has 1 aliphatic carbocycles. The van der Waals surface area contributed by atoms with Crippen molar-refractivity contribution in [2.45, 2.75) is 31.7 Å². The van der Waals surface area contributed by atoms with Gasteiger partial charge in [0.1, 0.15) is 0 Å². The molecule has 0 bridgehead atoms. The number of nitrogens with zero attached hydrogens (tertiary/aromatic N) is 4. The van der Waals surface area contributed by atoms with Crippen LogP contribution in [0.4, 0.5) is 23.7 Å². The first-order chi connectivity index (χ1) is 13.0. The lowest BCUT2D eigenvalue weighted by atomic mass is 10.1. The molecule has 4 rings (SSSR count). The summed E-state index contributed by atoms with van der Waals surface area (Å²) in [5.74, 6) is 1.97. The van der Waals surface area contributed by atoms with E-state index in [1.807, 2.05) is 19.1 Å². The summed E-state index contributed by atoms with van der Waals surface area (Å²) in [7, 11) is 0. The third-order valence-electron chi connectivity index (χ3n) is 4.28. The average Bonchev–Trinajstić information content (AvgIpc) is 3.34. The second-order valence-electron chi connectivity index (χ2n) is 6.48. The van der Waals surface area contributed by atoms with Gasteiger partial charge >= 0.3 is 0 Å². The number of rotatable bonds is 6. The summed E-state index contributed by atoms with van der Waals surface area (Å²) in [6, 6.07) is 7.14. The Labute approximate surface area is 165 Å². The number of nitrogens with two attached hydrogens (primary N) is 1. The summed E-state index contributed by atoms with van der Waals surface area (Å²) in [5.41, 5.74) is 7.81. The van der Waals surface area contributed by atoms with Gasteiger partial charge in [0.15, 0.2) is 5.82 Å². The van der Waals surface area contributed by atoms with E-state index in [1.165, 1.54) is 12.8 Å². The molecular weight excluding hydrogens is 387 g/mol. The number of anilines is 4. The fourth-order valence-electron chi connectivity index (χ4n) is 2.76. The van der Waals surface area contributed by atoms with Gasteiger partial charge in [0.25, 0.3) is 0 Å². The molecule has 0 aliphatic heterocycles. The number of aromatic nitrogens is 5. The van der Waals surface area contributed by atoms with E-state index in [9.17, 15) is 0 Å². The number of aromatic amines is 1. The summed E-state index contributed by atoms with van der Waals surface area (Å²) in [6.45, 7) is 1.94. The first kappa shape index (κ1) is 17.8. The van der Waals surface area contributed by atoms with E-state index in [1.54, 1.807) is 12.1 Å². The summed E-state index contributed by atoms with van der Waals surface area (Å²) >= 11 is 12.2. The maximum Gasteiger partial charge on any atom is 0.235 e. The molecule has 140 valence electrons. The van der Waals surface area contributed by atoms with E-state index in [0.717, 1.165) is 11.3 Å². The van der Waals surface area contributed by atoms with Gasteiger partial charge in [0.05, 0.1) is 6.04 Å². The van der Waals surface area contributed by atoms with Crippen LogP contribution in [0.1, 0.15) is 43.0 Å². The Morgan fingerprint density at radius 2 is 1.93 bits per heavy atom. The van der Waals surface area contributed by atoms with Gasteiger partial charge in [-0.3, -0.25) is 5.10 Å². The Balaban J connectivity index is 1.50. The monoisotopic (exact) mass is 404 g/mol. The molecule has 3 aromatic rings. The Hall–Kier alpha value is -2.58. The van der Waals surface area contributed by atoms with Crippen molar-refractivity contribution in [1.29, 1.82) is 0 Å². The summed E-state index contributed by atoms with van der Waals surface area (Å²) < 4.78 is 0. The summed E-state index contributed by atoms with van der Waals surface area (Å²) in [6.07, 6.45) is 2.39. The van der Waals surface area contributed by atoms with Crippen molar-refractivity contribution in [3.05, 3.63) is 45.6 Å². The van der Waals surface area contributed by atoms with E-state index >= 15 is 0 Å². The Bertz CT molecular complexity index is 969. The van der Waals surface area contributed by atoms with Crippen LogP contribution in [0.5, 0.6) is 0 Å². The molecule has 1 atom stereocenters. The van der Waals surface area contributed by atoms with Crippen LogP contribution in [-0.4, -0.2) is 25.1 Å². The van der Waals surface area contributed by atoms with Gasteiger partial charge in [0, 0.05) is 27.7 Å². The fraction of sp³-hybridized carbons (Fsp3) is 0.294. The van der Waals surface area contributed by atoms with Crippen LogP contribution in [0.25, 0.3) is 0 Å². The lowest BCUT2D eigenvalue weighted by Crippen LogP contribution is -2.13. The zero-order valence-electron chi connectivity index (χ0n) is 14.5. The molecule has 1 aromatic carbocycles. The topological polar surface area (TPSA) is 117 Å². The third-order valence-corrected chi connectivity index (χ3v) is 4.84. The second kappa shape index (κ2) is 7.21. The van der Waals surface area contributed by atoms with E-state index in [2.05, 4.69) is 35.8 Å². The molecule has 0 radical (unpaired) electrons. The number of halogens is 2. The number of hydrogen-bond donors (Lipinski definition) is 4. The normalized spacial score (nSPS) is 14.8. The highest BCUT2D eigenvalue weighted by molar-refractivity contribution is 6.35. The minimum Gasteiger partial charge on any atom is -0.368 e. The zero-order valence-corrected chi connectivity index (χ0v) is 16.0. The lowest BCUT2D eigenvalue weighted by Gasteiger charge is -2.16. The van der Waals surface area contributed by atoms with Crippen molar-refractivity contribution in [3.63, 3.8) is 0 Å². The van der Waals surface area contributed by atoms with Crippen molar-refractivity contribution < 1.29 is 0 Å². The molecule has 0 spiro atoms. The molecule has 0 amide bonds. The number of H-pyrrole nitrogens is 1. The van der Waals surface area contributed by atoms with Gasteiger partial charge in [0.2, 0.25) is 17.8 Å². The van der Waals surface area contributed by atoms with Gasteiger partial charge in [-0.05, 0) is 37.5 Å². The van der Waals surface area contributed by atoms with Crippen molar-refractivity contribution in [3.8, 4) is 0 Å². The lowest BCUT2D eigenvalue weighted by molar-refractivity contribution is 0.857. The van der Waals surface area contributed by atoms with Gasteiger partial charge in [-0.1, -0.05) is 29.3 Å². The predicted molar refractivity (Wildman–Crippen MR) is 107 cm³/mol. The molecule has 8 nitrogen and oxygen atoms in total. The smallest absolute Gasteiger partial charge is 0.235 e. The average molecular weight is 405 g/mol. The molecule has 1 unspecified atom stereocenters. The van der Waals surface area contributed by atoms with Crippen molar-refractivity contribution in [2.75, 3.05) is 16.4 Å². The molecule has 1 fully saturated rings. The van der Waals surface area contributed by atoms with Crippen molar-refractivity contribution in [1.82, 2.24) is 25.1 Å². The molecule has 1 saturated carbocycles. The minimum absolute atomic E-state index is 0.0994. The summed E-state index contributed by atoms with van der Waals surface area (Å²) in [5, 5.41) is 14.6. The predicted octanol–water partition coefficient (Wildman–Crippen LogP) is 4.28. The number of nitrogen functional groups attached to an aromatic ring is 1. The van der Waals surface area contributed by atoms with Crippen molar-refractivity contribution >= 4 is 46.9 Å². The van der Waals surface area contributed by atoms with Gasteiger partial charge in [-0.2, -0.15) is 20.1 Å².